The first kappa shape index (κ1) is 11.9. The highest BCUT2D eigenvalue weighted by molar-refractivity contribution is 5.95. The summed E-state index contributed by atoms with van der Waals surface area (Å²) >= 11 is 0. The molecule has 4 nitrogen and oxygen atoms in total. The van der Waals surface area contributed by atoms with E-state index in [1.54, 1.807) is 0 Å². The molecule has 5 atom stereocenters. The summed E-state index contributed by atoms with van der Waals surface area (Å²) in [6.07, 6.45) is 3.94. The fourth-order valence-electron chi connectivity index (χ4n) is 3.75. The molecule has 4 heteroatoms. The van der Waals surface area contributed by atoms with Crippen molar-refractivity contribution in [3.05, 3.63) is 12.2 Å². The largest absolute Gasteiger partial charge is 0.357 e. The Morgan fingerprint density at radius 3 is 2.72 bits per heavy atom. The minimum atomic E-state index is -0.613. The molecular formula is C14H19NO3. The standard InChI is InChI=1S/C14H19NO3/c1-7(2)11(16)9-10-12(17)15-8(3)14(10)6-5-13(9,4)18-14/h5-10H,1-4H3,(H,15,17)/t8-,9-,10+,13?,14-/m1/s1. The van der Waals surface area contributed by atoms with E-state index in [9.17, 15) is 9.59 Å². The third-order valence-corrected chi connectivity index (χ3v) is 4.70. The van der Waals surface area contributed by atoms with Crippen molar-refractivity contribution in [2.45, 2.75) is 44.9 Å². The molecule has 3 heterocycles. The molecular weight excluding hydrogens is 230 g/mol. The summed E-state index contributed by atoms with van der Waals surface area (Å²) in [7, 11) is 0. The van der Waals surface area contributed by atoms with Gasteiger partial charge in [0.2, 0.25) is 5.91 Å². The zero-order valence-corrected chi connectivity index (χ0v) is 11.2. The molecule has 18 heavy (non-hydrogen) atoms. The summed E-state index contributed by atoms with van der Waals surface area (Å²) in [5, 5.41) is 2.91. The fourth-order valence-corrected chi connectivity index (χ4v) is 3.75. The number of nitrogens with one attached hydrogen (secondary N) is 1. The molecule has 3 aliphatic rings. The van der Waals surface area contributed by atoms with Crippen LogP contribution in [-0.2, 0) is 14.3 Å². The highest BCUT2D eigenvalue weighted by Gasteiger charge is 2.71. The third kappa shape index (κ3) is 1.14. The van der Waals surface area contributed by atoms with Crippen molar-refractivity contribution in [1.82, 2.24) is 5.32 Å². The zero-order valence-electron chi connectivity index (χ0n) is 11.2. The first-order chi connectivity index (χ1) is 8.32. The van der Waals surface area contributed by atoms with Crippen molar-refractivity contribution < 1.29 is 14.3 Å². The minimum Gasteiger partial charge on any atom is -0.357 e. The van der Waals surface area contributed by atoms with Crippen LogP contribution in [0, 0.1) is 17.8 Å². The Morgan fingerprint density at radius 2 is 2.11 bits per heavy atom. The van der Waals surface area contributed by atoms with Crippen LogP contribution in [0.15, 0.2) is 12.2 Å². The molecule has 0 saturated carbocycles. The molecule has 0 aromatic heterocycles. The first-order valence-corrected chi connectivity index (χ1v) is 6.56. The van der Waals surface area contributed by atoms with Gasteiger partial charge in [0.05, 0.1) is 23.5 Å². The van der Waals surface area contributed by atoms with Crippen molar-refractivity contribution in [2.24, 2.45) is 17.8 Å². The lowest BCUT2D eigenvalue weighted by atomic mass is 9.67. The van der Waals surface area contributed by atoms with E-state index in [2.05, 4.69) is 5.32 Å². The molecule has 3 rings (SSSR count). The Balaban J connectivity index is 2.10. The third-order valence-electron chi connectivity index (χ3n) is 4.70. The second-order valence-electron chi connectivity index (χ2n) is 6.22. The topological polar surface area (TPSA) is 55.4 Å². The fraction of sp³-hybridized carbons (Fsp3) is 0.714. The van der Waals surface area contributed by atoms with Crippen LogP contribution in [0.3, 0.4) is 0 Å². The highest BCUT2D eigenvalue weighted by atomic mass is 16.5. The maximum atomic E-state index is 12.4. The van der Waals surface area contributed by atoms with Gasteiger partial charge in [-0.1, -0.05) is 26.0 Å². The second kappa shape index (κ2) is 3.23. The molecule has 0 aromatic carbocycles. The number of Topliss-reactive ketones (excluding diaryl/α,β-unsaturated/α-hetero) is 1. The molecule has 0 aliphatic carbocycles. The van der Waals surface area contributed by atoms with E-state index in [-0.39, 0.29) is 35.5 Å². The lowest BCUT2D eigenvalue weighted by Crippen LogP contribution is -2.44. The molecule has 2 bridgehead atoms. The Morgan fingerprint density at radius 1 is 1.44 bits per heavy atom. The van der Waals surface area contributed by atoms with Gasteiger partial charge in [-0.3, -0.25) is 9.59 Å². The maximum absolute atomic E-state index is 12.4. The van der Waals surface area contributed by atoms with E-state index in [1.165, 1.54) is 0 Å². The smallest absolute Gasteiger partial charge is 0.227 e. The van der Waals surface area contributed by atoms with Gasteiger partial charge >= 0.3 is 0 Å². The van der Waals surface area contributed by atoms with Crippen molar-refractivity contribution in [2.75, 3.05) is 0 Å². The number of carbonyl (C=O) groups is 2. The van der Waals surface area contributed by atoms with Gasteiger partial charge < -0.3 is 10.1 Å². The summed E-state index contributed by atoms with van der Waals surface area (Å²) < 4.78 is 6.12. The molecule has 3 aliphatic heterocycles. The molecule has 1 unspecified atom stereocenters. The van der Waals surface area contributed by atoms with Gasteiger partial charge in [0.15, 0.2) is 0 Å². The first-order valence-electron chi connectivity index (χ1n) is 6.56. The number of rotatable bonds is 2. The predicted octanol–water partition coefficient (Wildman–Crippen LogP) is 1.06. The Kier molecular flexibility index (Phi) is 2.14. The van der Waals surface area contributed by atoms with Crippen LogP contribution in [-0.4, -0.2) is 28.9 Å². The number of ether oxygens (including phenoxy) is 1. The molecule has 1 amide bonds. The second-order valence-corrected chi connectivity index (χ2v) is 6.22. The molecule has 98 valence electrons. The van der Waals surface area contributed by atoms with Crippen molar-refractivity contribution >= 4 is 11.7 Å². The Bertz CT molecular complexity index is 470. The van der Waals surface area contributed by atoms with Crippen LogP contribution < -0.4 is 5.32 Å². The van der Waals surface area contributed by atoms with E-state index in [0.717, 1.165) is 0 Å². The van der Waals surface area contributed by atoms with Crippen LogP contribution >= 0.6 is 0 Å². The zero-order chi connectivity index (χ0) is 13.3. The van der Waals surface area contributed by atoms with Gasteiger partial charge in [0, 0.05) is 5.92 Å². The molecule has 1 N–H and O–H groups in total. The van der Waals surface area contributed by atoms with Gasteiger partial charge in [0.25, 0.3) is 0 Å². The lowest BCUT2D eigenvalue weighted by molar-refractivity contribution is -0.135. The number of hydrogen-bond donors (Lipinski definition) is 1. The SMILES string of the molecule is CC(C)C(=O)[C@H]1[C@H]2C(=O)N[C@H](C)[C@]23C=CC1(C)O3. The lowest BCUT2D eigenvalue weighted by Gasteiger charge is -2.29. The maximum Gasteiger partial charge on any atom is 0.227 e. The van der Waals surface area contributed by atoms with Crippen LogP contribution in [0.4, 0.5) is 0 Å². The van der Waals surface area contributed by atoms with Crippen molar-refractivity contribution in [3.8, 4) is 0 Å². The average Bonchev–Trinajstić information content (AvgIpc) is 2.83. The Hall–Kier alpha value is -1.16. The Labute approximate surface area is 107 Å². The van der Waals surface area contributed by atoms with Gasteiger partial charge in [-0.05, 0) is 13.8 Å². The number of hydrogen-bond acceptors (Lipinski definition) is 3. The van der Waals surface area contributed by atoms with Crippen LogP contribution in [0.5, 0.6) is 0 Å². The molecule has 0 aromatic rings. The summed E-state index contributed by atoms with van der Waals surface area (Å²) in [5.41, 5.74) is -1.22. The summed E-state index contributed by atoms with van der Waals surface area (Å²) in [5.74, 6) is -0.721. The van der Waals surface area contributed by atoms with E-state index >= 15 is 0 Å². The monoisotopic (exact) mass is 249 g/mol. The van der Waals surface area contributed by atoms with Gasteiger partial charge in [-0.15, -0.1) is 0 Å². The van der Waals surface area contributed by atoms with Crippen LogP contribution in [0.25, 0.3) is 0 Å². The molecule has 2 saturated heterocycles. The summed E-state index contributed by atoms with van der Waals surface area (Å²) in [6.45, 7) is 7.62. The van der Waals surface area contributed by atoms with E-state index < -0.39 is 11.2 Å². The van der Waals surface area contributed by atoms with Gasteiger partial charge in [-0.2, -0.15) is 0 Å². The average molecular weight is 249 g/mol. The van der Waals surface area contributed by atoms with E-state index in [1.807, 2.05) is 39.8 Å². The van der Waals surface area contributed by atoms with E-state index in [0.29, 0.717) is 0 Å². The molecule has 1 spiro atoms. The molecule has 0 radical (unpaired) electrons. The predicted molar refractivity (Wildman–Crippen MR) is 65.8 cm³/mol. The molecule has 2 fully saturated rings. The number of ketones is 1. The van der Waals surface area contributed by atoms with Gasteiger partial charge in [0.1, 0.15) is 11.4 Å². The quantitative estimate of drug-likeness (QED) is 0.744. The summed E-state index contributed by atoms with van der Waals surface area (Å²) in [6, 6.07) is -0.0713. The number of fused-ring (bicyclic) bond motifs is 1. The summed E-state index contributed by atoms with van der Waals surface area (Å²) in [4.78, 5) is 24.6. The number of amides is 1. The van der Waals surface area contributed by atoms with Crippen molar-refractivity contribution in [3.63, 3.8) is 0 Å². The van der Waals surface area contributed by atoms with Crippen molar-refractivity contribution in [1.29, 1.82) is 0 Å². The van der Waals surface area contributed by atoms with E-state index in [4.69, 9.17) is 4.74 Å². The van der Waals surface area contributed by atoms with Crippen LogP contribution in [0.1, 0.15) is 27.7 Å². The number of carbonyl (C=O) groups excluding carboxylic acids is 2. The normalized spacial score (nSPS) is 48.7. The highest BCUT2D eigenvalue weighted by Crippen LogP contribution is 2.57. The minimum absolute atomic E-state index is 0.0467. The van der Waals surface area contributed by atoms with Gasteiger partial charge in [-0.25, -0.2) is 0 Å². The van der Waals surface area contributed by atoms with Crippen LogP contribution in [0.2, 0.25) is 0 Å².